The lowest BCUT2D eigenvalue weighted by Crippen LogP contribution is -2.70. The zero-order valence-electron chi connectivity index (χ0n) is 21.2. The Morgan fingerprint density at radius 3 is 2.46 bits per heavy atom. The first-order chi connectivity index (χ1) is 16.3. The summed E-state index contributed by atoms with van der Waals surface area (Å²) in [4.78, 5) is 39.7. The first kappa shape index (κ1) is 23.6. The number of hydrogen-bond acceptors (Lipinski definition) is 7. The van der Waals surface area contributed by atoms with E-state index in [1.807, 2.05) is 27.7 Å². The quantitative estimate of drug-likeness (QED) is 0.458. The van der Waals surface area contributed by atoms with E-state index in [-0.39, 0.29) is 47.8 Å². The van der Waals surface area contributed by atoms with Gasteiger partial charge in [0, 0.05) is 24.3 Å². The molecule has 0 spiro atoms. The summed E-state index contributed by atoms with van der Waals surface area (Å²) in [6.45, 7) is 9.25. The van der Waals surface area contributed by atoms with Gasteiger partial charge >= 0.3 is 5.97 Å². The molecule has 4 fully saturated rings. The van der Waals surface area contributed by atoms with Gasteiger partial charge in [-0.2, -0.15) is 0 Å². The number of cyclic esters (lactones) is 1. The third-order valence-electron chi connectivity index (χ3n) is 11.6. The zero-order valence-corrected chi connectivity index (χ0v) is 21.2. The van der Waals surface area contributed by atoms with Crippen LogP contribution in [0.4, 0.5) is 0 Å². The lowest BCUT2D eigenvalue weighted by Gasteiger charge is -2.60. The molecular formula is C28H36O7. The average molecular weight is 485 g/mol. The van der Waals surface area contributed by atoms with Crippen LogP contribution >= 0.6 is 0 Å². The minimum absolute atomic E-state index is 0.0637. The fourth-order valence-corrected chi connectivity index (χ4v) is 8.99. The molecule has 0 bridgehead atoms. The molecule has 7 heteroatoms. The number of allylic oxidation sites excluding steroid dienone is 1. The van der Waals surface area contributed by atoms with Crippen molar-refractivity contribution in [3.63, 3.8) is 0 Å². The molecule has 6 rings (SSSR count). The number of ketones is 2. The molecule has 6 aliphatic rings. The van der Waals surface area contributed by atoms with E-state index in [9.17, 15) is 24.6 Å². The van der Waals surface area contributed by atoms with Gasteiger partial charge in [0.2, 0.25) is 0 Å². The number of Topliss-reactive ketones (excluding diaryl/α,β-unsaturated/α-hetero) is 1. The standard InChI is InChI=1S/C28H36O7/c1-13-11-18(34-24(31)14(13)2)15(3)27(32)10-8-16-21-17(12-20(30)25(16,27)4)26(5)19(29)7-6-9-28(26,33)23-22(21)35-23/h6-7,15-18,21-23,32-33H,8-12H2,1-5H3/t15-,16+,17+,18-,21+,22+,23+,25-,26+,27+,28+/m1/s1. The summed E-state index contributed by atoms with van der Waals surface area (Å²) in [5.41, 5.74) is -3.22. The van der Waals surface area contributed by atoms with E-state index in [2.05, 4.69) is 0 Å². The Morgan fingerprint density at radius 1 is 1.06 bits per heavy atom. The number of fused-ring (bicyclic) bond motifs is 8. The van der Waals surface area contributed by atoms with E-state index >= 15 is 0 Å². The maximum absolute atomic E-state index is 14.1. The molecule has 0 amide bonds. The molecule has 0 unspecified atom stereocenters. The summed E-state index contributed by atoms with van der Waals surface area (Å²) in [6, 6.07) is 0. The Hall–Kier alpha value is -1.83. The van der Waals surface area contributed by atoms with Gasteiger partial charge in [-0.15, -0.1) is 0 Å². The molecule has 0 radical (unpaired) electrons. The molecule has 2 aliphatic heterocycles. The second-order valence-corrected chi connectivity index (χ2v) is 12.5. The van der Waals surface area contributed by atoms with Crippen LogP contribution < -0.4 is 0 Å². The van der Waals surface area contributed by atoms with E-state index in [0.29, 0.717) is 31.3 Å². The zero-order chi connectivity index (χ0) is 25.3. The van der Waals surface area contributed by atoms with Crippen molar-refractivity contribution in [1.82, 2.24) is 0 Å². The minimum atomic E-state index is -1.34. The van der Waals surface area contributed by atoms with E-state index < -0.39 is 40.2 Å². The predicted molar refractivity (Wildman–Crippen MR) is 125 cm³/mol. The van der Waals surface area contributed by atoms with Crippen molar-refractivity contribution in [2.75, 3.05) is 0 Å². The molecular weight excluding hydrogens is 448 g/mol. The Balaban J connectivity index is 1.38. The monoisotopic (exact) mass is 484 g/mol. The molecule has 0 aromatic carbocycles. The summed E-state index contributed by atoms with van der Waals surface area (Å²) < 4.78 is 11.8. The third-order valence-corrected chi connectivity index (χ3v) is 11.6. The molecule has 4 aliphatic carbocycles. The van der Waals surface area contributed by atoms with Crippen molar-refractivity contribution in [3.8, 4) is 0 Å². The third kappa shape index (κ3) is 2.55. The van der Waals surface area contributed by atoms with Gasteiger partial charge in [-0.1, -0.05) is 18.6 Å². The van der Waals surface area contributed by atoms with Crippen LogP contribution in [0, 0.1) is 34.5 Å². The molecule has 3 saturated carbocycles. The van der Waals surface area contributed by atoms with Crippen molar-refractivity contribution in [2.24, 2.45) is 34.5 Å². The van der Waals surface area contributed by atoms with Crippen LogP contribution in [-0.4, -0.2) is 57.3 Å². The van der Waals surface area contributed by atoms with Crippen molar-refractivity contribution >= 4 is 17.5 Å². The number of rotatable bonds is 2. The van der Waals surface area contributed by atoms with Crippen LogP contribution in [-0.2, 0) is 23.9 Å². The molecule has 7 nitrogen and oxygen atoms in total. The highest BCUT2D eigenvalue weighted by Crippen LogP contribution is 2.71. The molecule has 190 valence electrons. The van der Waals surface area contributed by atoms with Gasteiger partial charge in [0.1, 0.15) is 23.6 Å². The predicted octanol–water partition coefficient (Wildman–Crippen LogP) is 2.67. The van der Waals surface area contributed by atoms with E-state index in [4.69, 9.17) is 9.47 Å². The molecule has 0 aromatic rings. The Bertz CT molecular complexity index is 1110. The SMILES string of the molecule is CC1=C(C)C(=O)O[C@@H]([C@@H](C)[C@@]2(O)CC[C@H]3[C@@H]4[C@@H]5O[C@@H]5[C@@]5(O)CC=CC(=O)[C@]5(C)[C@H]4CC(=O)[C@@]32C)C1. The van der Waals surface area contributed by atoms with E-state index in [1.165, 1.54) is 0 Å². The van der Waals surface area contributed by atoms with E-state index in [0.717, 1.165) is 5.57 Å². The van der Waals surface area contributed by atoms with Gasteiger partial charge in [-0.05, 0) is 70.8 Å². The van der Waals surface area contributed by atoms with Crippen molar-refractivity contribution in [2.45, 2.75) is 96.2 Å². The highest BCUT2D eigenvalue weighted by molar-refractivity contribution is 5.98. The second kappa shape index (κ2) is 6.93. The summed E-state index contributed by atoms with van der Waals surface area (Å²) in [6.07, 6.45) is 4.19. The number of aliphatic hydroxyl groups is 2. The minimum Gasteiger partial charge on any atom is -0.458 e. The van der Waals surface area contributed by atoms with Crippen molar-refractivity contribution < 1.29 is 34.1 Å². The summed E-state index contributed by atoms with van der Waals surface area (Å²) in [5, 5.41) is 24.0. The van der Waals surface area contributed by atoms with Crippen LogP contribution in [0.2, 0.25) is 0 Å². The maximum Gasteiger partial charge on any atom is 0.333 e. The first-order valence-electron chi connectivity index (χ1n) is 13.0. The molecule has 2 N–H and O–H groups in total. The average Bonchev–Trinajstić information content (AvgIpc) is 3.56. The van der Waals surface area contributed by atoms with Crippen LogP contribution in [0.1, 0.15) is 66.7 Å². The van der Waals surface area contributed by atoms with Gasteiger partial charge in [-0.25, -0.2) is 4.79 Å². The summed E-state index contributed by atoms with van der Waals surface area (Å²) in [5.74, 6) is -1.60. The molecule has 0 aromatic heterocycles. The Kier molecular flexibility index (Phi) is 4.66. The second-order valence-electron chi connectivity index (χ2n) is 12.5. The Labute approximate surface area is 205 Å². The smallest absolute Gasteiger partial charge is 0.333 e. The number of esters is 1. The molecule has 2 heterocycles. The Morgan fingerprint density at radius 2 is 1.77 bits per heavy atom. The topological polar surface area (TPSA) is 113 Å². The summed E-state index contributed by atoms with van der Waals surface area (Å²) >= 11 is 0. The van der Waals surface area contributed by atoms with Crippen molar-refractivity contribution in [3.05, 3.63) is 23.3 Å². The normalized spacial score (nSPS) is 53.4. The fourth-order valence-electron chi connectivity index (χ4n) is 8.99. The summed E-state index contributed by atoms with van der Waals surface area (Å²) in [7, 11) is 0. The first-order valence-corrected chi connectivity index (χ1v) is 13.0. The van der Waals surface area contributed by atoms with Gasteiger partial charge in [-0.3, -0.25) is 9.59 Å². The van der Waals surface area contributed by atoms with Crippen LogP contribution in [0.3, 0.4) is 0 Å². The molecule has 11 atom stereocenters. The maximum atomic E-state index is 14.1. The number of carbonyl (C=O) groups is 3. The van der Waals surface area contributed by atoms with Crippen LogP contribution in [0.5, 0.6) is 0 Å². The van der Waals surface area contributed by atoms with Gasteiger partial charge < -0.3 is 19.7 Å². The highest BCUT2D eigenvalue weighted by atomic mass is 16.6. The van der Waals surface area contributed by atoms with Crippen molar-refractivity contribution in [1.29, 1.82) is 0 Å². The largest absolute Gasteiger partial charge is 0.458 e. The number of carbonyl (C=O) groups excluding carboxylic acids is 3. The fraction of sp³-hybridized carbons (Fsp3) is 0.750. The van der Waals surface area contributed by atoms with Gasteiger partial charge in [0.25, 0.3) is 0 Å². The van der Waals surface area contributed by atoms with E-state index in [1.54, 1.807) is 19.1 Å². The number of epoxide rings is 1. The number of hydrogen-bond donors (Lipinski definition) is 2. The van der Waals surface area contributed by atoms with Gasteiger partial charge in [0.15, 0.2) is 5.78 Å². The molecule has 35 heavy (non-hydrogen) atoms. The van der Waals surface area contributed by atoms with Crippen LogP contribution in [0.15, 0.2) is 23.3 Å². The van der Waals surface area contributed by atoms with Gasteiger partial charge in [0.05, 0.1) is 22.5 Å². The lowest BCUT2D eigenvalue weighted by molar-refractivity contribution is -0.201. The number of ether oxygens (including phenoxy) is 2. The molecule has 1 saturated heterocycles. The highest BCUT2D eigenvalue weighted by Gasteiger charge is 2.80. The lowest BCUT2D eigenvalue weighted by atomic mass is 9.42. The van der Waals surface area contributed by atoms with Crippen LogP contribution in [0.25, 0.3) is 0 Å².